The van der Waals surface area contributed by atoms with Gasteiger partial charge in [0, 0.05) is 19.2 Å². The van der Waals surface area contributed by atoms with E-state index in [0.717, 1.165) is 19.4 Å². The van der Waals surface area contributed by atoms with Crippen LogP contribution < -0.4 is 5.32 Å². The van der Waals surface area contributed by atoms with E-state index in [0.29, 0.717) is 6.61 Å². The van der Waals surface area contributed by atoms with Crippen molar-refractivity contribution in [1.82, 2.24) is 5.32 Å². The monoisotopic (exact) mass is 201 g/mol. The Morgan fingerprint density at radius 3 is 2.79 bits per heavy atom. The summed E-state index contributed by atoms with van der Waals surface area (Å²) in [5.74, 6) is -0.873. The zero-order valence-electron chi connectivity index (χ0n) is 8.82. The van der Waals surface area contributed by atoms with Gasteiger partial charge in [0.05, 0.1) is 12.0 Å². The highest BCUT2D eigenvalue weighted by molar-refractivity contribution is 5.72. The summed E-state index contributed by atoms with van der Waals surface area (Å²) in [6, 6.07) is 0.149. The molecule has 0 aromatic heterocycles. The minimum atomic E-state index is -0.683. The summed E-state index contributed by atoms with van der Waals surface area (Å²) in [5, 5.41) is 12.0. The van der Waals surface area contributed by atoms with Crippen LogP contribution in [0.4, 0.5) is 0 Å². The summed E-state index contributed by atoms with van der Waals surface area (Å²) in [6.07, 6.45) is 1.93. The van der Waals surface area contributed by atoms with E-state index < -0.39 is 5.97 Å². The van der Waals surface area contributed by atoms with Crippen LogP contribution in [0.2, 0.25) is 0 Å². The molecule has 2 N–H and O–H groups in total. The van der Waals surface area contributed by atoms with E-state index in [2.05, 4.69) is 5.32 Å². The molecule has 1 aliphatic carbocycles. The average molecular weight is 201 g/mol. The third-order valence-electron chi connectivity index (χ3n) is 2.71. The van der Waals surface area contributed by atoms with Crippen molar-refractivity contribution in [3.05, 3.63) is 0 Å². The number of carbonyl (C=O) groups is 1. The SMILES string of the molecule is CCOC(C)CNC1CCC1C(=O)O. The van der Waals surface area contributed by atoms with Crippen LogP contribution in [0.5, 0.6) is 0 Å². The Labute approximate surface area is 84.6 Å². The predicted molar refractivity (Wildman–Crippen MR) is 53.2 cm³/mol. The molecule has 1 aliphatic rings. The Morgan fingerprint density at radius 2 is 2.36 bits per heavy atom. The molecule has 1 fully saturated rings. The molecule has 1 saturated carbocycles. The molecule has 4 heteroatoms. The third kappa shape index (κ3) is 2.96. The minimum absolute atomic E-state index is 0.149. The van der Waals surface area contributed by atoms with Crippen LogP contribution in [-0.4, -0.2) is 36.4 Å². The normalized spacial score (nSPS) is 28.1. The van der Waals surface area contributed by atoms with Gasteiger partial charge in [-0.05, 0) is 26.7 Å². The molecule has 0 aliphatic heterocycles. The number of aliphatic carboxylic acids is 1. The summed E-state index contributed by atoms with van der Waals surface area (Å²) in [7, 11) is 0. The summed E-state index contributed by atoms with van der Waals surface area (Å²) in [6.45, 7) is 5.39. The summed E-state index contributed by atoms with van der Waals surface area (Å²) < 4.78 is 5.35. The smallest absolute Gasteiger partial charge is 0.308 e. The van der Waals surface area contributed by atoms with E-state index in [1.807, 2.05) is 13.8 Å². The Kier molecular flexibility index (Phi) is 4.35. The lowest BCUT2D eigenvalue weighted by Gasteiger charge is -2.34. The number of nitrogens with one attached hydrogen (secondary N) is 1. The first-order valence-electron chi connectivity index (χ1n) is 5.23. The molecule has 1 rings (SSSR count). The molecule has 14 heavy (non-hydrogen) atoms. The molecule has 0 aromatic rings. The van der Waals surface area contributed by atoms with Gasteiger partial charge in [0.15, 0.2) is 0 Å². The van der Waals surface area contributed by atoms with Crippen molar-refractivity contribution in [3.63, 3.8) is 0 Å². The molecule has 0 radical (unpaired) electrons. The molecule has 3 atom stereocenters. The van der Waals surface area contributed by atoms with E-state index in [1.54, 1.807) is 0 Å². The van der Waals surface area contributed by atoms with Crippen LogP contribution >= 0.6 is 0 Å². The second-order valence-corrected chi connectivity index (χ2v) is 3.80. The van der Waals surface area contributed by atoms with Crippen LogP contribution in [0.15, 0.2) is 0 Å². The third-order valence-corrected chi connectivity index (χ3v) is 2.71. The Morgan fingerprint density at radius 1 is 1.64 bits per heavy atom. The Bertz CT molecular complexity index is 196. The van der Waals surface area contributed by atoms with Crippen LogP contribution in [0.3, 0.4) is 0 Å². The van der Waals surface area contributed by atoms with E-state index in [4.69, 9.17) is 9.84 Å². The summed E-state index contributed by atoms with van der Waals surface area (Å²) in [4.78, 5) is 10.7. The maximum atomic E-state index is 10.7. The molecule has 4 nitrogen and oxygen atoms in total. The molecule has 3 unspecified atom stereocenters. The van der Waals surface area contributed by atoms with Crippen molar-refractivity contribution in [2.24, 2.45) is 5.92 Å². The van der Waals surface area contributed by atoms with Gasteiger partial charge in [0.2, 0.25) is 0 Å². The van der Waals surface area contributed by atoms with Crippen molar-refractivity contribution in [2.45, 2.75) is 38.8 Å². The lowest BCUT2D eigenvalue weighted by molar-refractivity contribution is -0.146. The zero-order chi connectivity index (χ0) is 10.6. The molecule has 0 aromatic carbocycles. The van der Waals surface area contributed by atoms with Crippen molar-refractivity contribution >= 4 is 5.97 Å². The van der Waals surface area contributed by atoms with E-state index in [-0.39, 0.29) is 18.1 Å². The van der Waals surface area contributed by atoms with E-state index in [9.17, 15) is 4.79 Å². The van der Waals surface area contributed by atoms with Gasteiger partial charge in [-0.3, -0.25) is 4.79 Å². The van der Waals surface area contributed by atoms with Gasteiger partial charge in [0.1, 0.15) is 0 Å². The molecule has 0 saturated heterocycles. The van der Waals surface area contributed by atoms with Crippen LogP contribution in [0.1, 0.15) is 26.7 Å². The number of ether oxygens (including phenoxy) is 1. The maximum Gasteiger partial charge on any atom is 0.308 e. The number of carboxylic acid groups (broad SMARTS) is 1. The number of rotatable bonds is 6. The summed E-state index contributed by atoms with van der Waals surface area (Å²) >= 11 is 0. The number of hydrogen-bond donors (Lipinski definition) is 2. The van der Waals surface area contributed by atoms with Crippen molar-refractivity contribution in [3.8, 4) is 0 Å². The molecule has 82 valence electrons. The van der Waals surface area contributed by atoms with Gasteiger partial charge in [0.25, 0.3) is 0 Å². The Hall–Kier alpha value is -0.610. The zero-order valence-corrected chi connectivity index (χ0v) is 8.82. The first-order valence-corrected chi connectivity index (χ1v) is 5.23. The first-order chi connectivity index (χ1) is 6.65. The highest BCUT2D eigenvalue weighted by Crippen LogP contribution is 2.27. The van der Waals surface area contributed by atoms with Crippen molar-refractivity contribution < 1.29 is 14.6 Å². The molecule has 0 amide bonds. The van der Waals surface area contributed by atoms with E-state index in [1.165, 1.54) is 0 Å². The lowest BCUT2D eigenvalue weighted by Crippen LogP contribution is -2.49. The standard InChI is InChI=1S/C10H19NO3/c1-3-14-7(2)6-11-9-5-4-8(9)10(12)13/h7-9,11H,3-6H2,1-2H3,(H,12,13). The number of hydrogen-bond acceptors (Lipinski definition) is 3. The quantitative estimate of drug-likeness (QED) is 0.669. The minimum Gasteiger partial charge on any atom is -0.481 e. The highest BCUT2D eigenvalue weighted by Gasteiger charge is 2.36. The fourth-order valence-electron chi connectivity index (χ4n) is 1.70. The number of carboxylic acids is 1. The maximum absolute atomic E-state index is 10.7. The Balaban J connectivity index is 2.15. The summed E-state index contributed by atoms with van der Waals surface area (Å²) in [5.41, 5.74) is 0. The van der Waals surface area contributed by atoms with Gasteiger partial charge in [-0.15, -0.1) is 0 Å². The van der Waals surface area contributed by atoms with Crippen LogP contribution in [0.25, 0.3) is 0 Å². The second kappa shape index (κ2) is 5.32. The fourth-order valence-corrected chi connectivity index (χ4v) is 1.70. The van der Waals surface area contributed by atoms with Gasteiger partial charge in [-0.25, -0.2) is 0 Å². The highest BCUT2D eigenvalue weighted by atomic mass is 16.5. The van der Waals surface area contributed by atoms with Crippen molar-refractivity contribution in [1.29, 1.82) is 0 Å². The van der Waals surface area contributed by atoms with E-state index >= 15 is 0 Å². The molecular formula is C10H19NO3. The molecular weight excluding hydrogens is 182 g/mol. The first kappa shape index (κ1) is 11.5. The second-order valence-electron chi connectivity index (χ2n) is 3.80. The largest absolute Gasteiger partial charge is 0.481 e. The fraction of sp³-hybridized carbons (Fsp3) is 0.900. The van der Waals surface area contributed by atoms with Gasteiger partial charge >= 0.3 is 5.97 Å². The lowest BCUT2D eigenvalue weighted by atomic mass is 9.79. The topological polar surface area (TPSA) is 58.6 Å². The predicted octanol–water partition coefficient (Wildman–Crippen LogP) is 0.864. The van der Waals surface area contributed by atoms with Gasteiger partial charge < -0.3 is 15.2 Å². The van der Waals surface area contributed by atoms with Gasteiger partial charge in [-0.2, -0.15) is 0 Å². The van der Waals surface area contributed by atoms with Crippen LogP contribution in [0, 0.1) is 5.92 Å². The van der Waals surface area contributed by atoms with Crippen molar-refractivity contribution in [2.75, 3.05) is 13.2 Å². The molecule has 0 heterocycles. The molecule has 0 bridgehead atoms. The average Bonchev–Trinajstić information content (AvgIpc) is 2.01. The molecule has 0 spiro atoms. The van der Waals surface area contributed by atoms with Crippen LogP contribution in [-0.2, 0) is 9.53 Å². The van der Waals surface area contributed by atoms with Gasteiger partial charge in [-0.1, -0.05) is 0 Å².